The fourth-order valence-electron chi connectivity index (χ4n) is 3.15. The molecular weight excluding hydrogens is 374 g/mol. The highest BCUT2D eigenvalue weighted by atomic mass is 32.2. The molecule has 0 aliphatic carbocycles. The molecule has 5 nitrogen and oxygen atoms in total. The van der Waals surface area contributed by atoms with Gasteiger partial charge in [0.05, 0.1) is 7.11 Å². The highest BCUT2D eigenvalue weighted by Gasteiger charge is 2.29. The third-order valence-electron chi connectivity index (χ3n) is 4.62. The van der Waals surface area contributed by atoms with Crippen molar-refractivity contribution in [1.82, 2.24) is 9.21 Å². The molecule has 1 aliphatic rings. The lowest BCUT2D eigenvalue weighted by atomic mass is 10.2. The number of benzene rings is 2. The van der Waals surface area contributed by atoms with Crippen LogP contribution in [-0.2, 0) is 16.6 Å². The number of hydrogen-bond donors (Lipinski definition) is 0. The van der Waals surface area contributed by atoms with Crippen molar-refractivity contribution in [1.29, 1.82) is 0 Å². The maximum absolute atomic E-state index is 14.0. The molecule has 1 saturated heterocycles. The normalized spacial score (nSPS) is 16.9. The van der Waals surface area contributed by atoms with Crippen LogP contribution in [0.3, 0.4) is 0 Å². The monoisotopic (exact) mass is 396 g/mol. The van der Waals surface area contributed by atoms with E-state index in [1.807, 2.05) is 24.3 Å². The zero-order chi connectivity index (χ0) is 19.4. The van der Waals surface area contributed by atoms with E-state index in [9.17, 15) is 17.2 Å². The maximum atomic E-state index is 14.0. The highest BCUT2D eigenvalue weighted by Crippen LogP contribution is 2.22. The van der Waals surface area contributed by atoms with Crippen LogP contribution in [0.5, 0.6) is 5.75 Å². The van der Waals surface area contributed by atoms with Gasteiger partial charge in [-0.05, 0) is 48.9 Å². The summed E-state index contributed by atoms with van der Waals surface area (Å²) in [6.07, 6.45) is 0.617. The molecule has 0 radical (unpaired) electrons. The zero-order valence-electron chi connectivity index (χ0n) is 15.1. The van der Waals surface area contributed by atoms with E-state index in [0.29, 0.717) is 19.5 Å². The van der Waals surface area contributed by atoms with Crippen molar-refractivity contribution in [3.05, 3.63) is 59.7 Å². The van der Waals surface area contributed by atoms with Crippen molar-refractivity contribution in [3.8, 4) is 5.75 Å². The Morgan fingerprint density at radius 3 is 2.44 bits per heavy atom. The first kappa shape index (κ1) is 19.7. The highest BCUT2D eigenvalue weighted by molar-refractivity contribution is 7.89. The average Bonchev–Trinajstić information content (AvgIpc) is 2.90. The molecule has 0 spiro atoms. The molecule has 0 saturated carbocycles. The van der Waals surface area contributed by atoms with Crippen molar-refractivity contribution in [2.75, 3.05) is 33.3 Å². The Bertz CT molecular complexity index is 888. The van der Waals surface area contributed by atoms with Gasteiger partial charge in [0.25, 0.3) is 0 Å². The van der Waals surface area contributed by atoms with Crippen LogP contribution in [0.4, 0.5) is 8.78 Å². The van der Waals surface area contributed by atoms with E-state index >= 15 is 0 Å². The largest absolute Gasteiger partial charge is 0.497 e. The van der Waals surface area contributed by atoms with Gasteiger partial charge in [0.2, 0.25) is 10.0 Å². The molecule has 0 atom stereocenters. The van der Waals surface area contributed by atoms with Gasteiger partial charge in [-0.2, -0.15) is 4.31 Å². The minimum Gasteiger partial charge on any atom is -0.497 e. The summed E-state index contributed by atoms with van der Waals surface area (Å²) >= 11 is 0. The van der Waals surface area contributed by atoms with Gasteiger partial charge in [-0.3, -0.25) is 4.90 Å². The number of hydrogen-bond acceptors (Lipinski definition) is 4. The number of ether oxygens (including phenoxy) is 1. The Morgan fingerprint density at radius 1 is 1.00 bits per heavy atom. The van der Waals surface area contributed by atoms with Crippen molar-refractivity contribution < 1.29 is 21.9 Å². The van der Waals surface area contributed by atoms with Crippen LogP contribution in [-0.4, -0.2) is 50.9 Å². The van der Waals surface area contributed by atoms with Gasteiger partial charge in [0.1, 0.15) is 22.3 Å². The summed E-state index contributed by atoms with van der Waals surface area (Å²) in [7, 11) is -2.46. The van der Waals surface area contributed by atoms with Crippen LogP contribution in [0.1, 0.15) is 12.0 Å². The van der Waals surface area contributed by atoms with Crippen molar-refractivity contribution in [2.24, 2.45) is 0 Å². The first-order valence-electron chi connectivity index (χ1n) is 8.70. The second-order valence-electron chi connectivity index (χ2n) is 6.46. The Labute approximate surface area is 158 Å². The molecule has 0 aromatic heterocycles. The summed E-state index contributed by atoms with van der Waals surface area (Å²) in [5.41, 5.74) is 1.10. The number of rotatable bonds is 5. The third kappa shape index (κ3) is 4.63. The average molecular weight is 396 g/mol. The molecule has 1 fully saturated rings. The Balaban J connectivity index is 1.69. The Hall–Kier alpha value is -2.03. The molecule has 0 amide bonds. The second-order valence-corrected chi connectivity index (χ2v) is 8.36. The minimum absolute atomic E-state index is 0.231. The van der Waals surface area contributed by atoms with Crippen LogP contribution in [0.2, 0.25) is 0 Å². The molecular formula is C19H22F2N2O3S. The number of nitrogens with zero attached hydrogens (tertiary/aromatic N) is 2. The van der Waals surface area contributed by atoms with Gasteiger partial charge in [0.15, 0.2) is 0 Å². The fourth-order valence-corrected chi connectivity index (χ4v) is 4.69. The molecule has 0 bridgehead atoms. The minimum atomic E-state index is -4.07. The van der Waals surface area contributed by atoms with Gasteiger partial charge in [-0.15, -0.1) is 0 Å². The summed E-state index contributed by atoms with van der Waals surface area (Å²) in [5, 5.41) is 0. The number of halogens is 2. The summed E-state index contributed by atoms with van der Waals surface area (Å²) in [5.74, 6) is -0.925. The SMILES string of the molecule is COc1ccc(CN2CCCN(S(=O)(=O)c3cc(F)ccc3F)CC2)cc1. The number of methoxy groups -OCH3 is 1. The molecule has 146 valence electrons. The molecule has 2 aromatic rings. The molecule has 1 aliphatic heterocycles. The van der Waals surface area contributed by atoms with E-state index in [-0.39, 0.29) is 13.1 Å². The van der Waals surface area contributed by atoms with E-state index in [0.717, 1.165) is 36.1 Å². The Kier molecular flexibility index (Phi) is 6.08. The summed E-state index contributed by atoms with van der Waals surface area (Å²) < 4.78 is 59.2. The van der Waals surface area contributed by atoms with E-state index < -0.39 is 26.6 Å². The van der Waals surface area contributed by atoms with Crippen LogP contribution in [0.25, 0.3) is 0 Å². The van der Waals surface area contributed by atoms with E-state index in [4.69, 9.17) is 4.74 Å². The fraction of sp³-hybridized carbons (Fsp3) is 0.368. The molecule has 2 aromatic carbocycles. The summed E-state index contributed by atoms with van der Waals surface area (Å²) in [4.78, 5) is 1.55. The predicted octanol–water partition coefficient (Wildman–Crippen LogP) is 2.87. The van der Waals surface area contributed by atoms with Crippen molar-refractivity contribution in [3.63, 3.8) is 0 Å². The topological polar surface area (TPSA) is 49.9 Å². The van der Waals surface area contributed by atoms with Gasteiger partial charge < -0.3 is 4.74 Å². The molecule has 1 heterocycles. The lowest BCUT2D eigenvalue weighted by molar-refractivity contribution is 0.278. The van der Waals surface area contributed by atoms with Crippen LogP contribution in [0, 0.1) is 11.6 Å². The predicted molar refractivity (Wildman–Crippen MR) is 98.0 cm³/mol. The van der Waals surface area contributed by atoms with Crippen molar-refractivity contribution >= 4 is 10.0 Å². The second kappa shape index (κ2) is 8.33. The molecule has 3 rings (SSSR count). The lowest BCUT2D eigenvalue weighted by Gasteiger charge is -2.22. The first-order chi connectivity index (χ1) is 12.9. The standard InChI is InChI=1S/C19H22F2N2O3S/c1-26-17-6-3-15(4-7-17)14-22-9-2-10-23(12-11-22)27(24,25)19-13-16(20)5-8-18(19)21/h3-8,13H,2,9-12,14H2,1H3. The summed E-state index contributed by atoms with van der Waals surface area (Å²) in [6.45, 7) is 2.43. The molecule has 27 heavy (non-hydrogen) atoms. The van der Waals surface area contributed by atoms with Crippen LogP contribution < -0.4 is 4.74 Å². The Morgan fingerprint density at radius 2 is 1.74 bits per heavy atom. The van der Waals surface area contributed by atoms with Gasteiger partial charge >= 0.3 is 0 Å². The number of sulfonamides is 1. The van der Waals surface area contributed by atoms with Crippen LogP contribution in [0.15, 0.2) is 47.4 Å². The van der Waals surface area contributed by atoms with Crippen molar-refractivity contribution in [2.45, 2.75) is 17.9 Å². The van der Waals surface area contributed by atoms with E-state index in [1.54, 1.807) is 7.11 Å². The van der Waals surface area contributed by atoms with Crippen LogP contribution >= 0.6 is 0 Å². The third-order valence-corrected chi connectivity index (χ3v) is 6.54. The van der Waals surface area contributed by atoms with Gasteiger partial charge in [-0.1, -0.05) is 12.1 Å². The first-order valence-corrected chi connectivity index (χ1v) is 10.1. The van der Waals surface area contributed by atoms with Gasteiger partial charge in [-0.25, -0.2) is 17.2 Å². The smallest absolute Gasteiger partial charge is 0.246 e. The van der Waals surface area contributed by atoms with E-state index in [1.165, 1.54) is 4.31 Å². The lowest BCUT2D eigenvalue weighted by Crippen LogP contribution is -2.35. The van der Waals surface area contributed by atoms with Gasteiger partial charge in [0, 0.05) is 26.2 Å². The molecule has 8 heteroatoms. The maximum Gasteiger partial charge on any atom is 0.246 e. The molecule has 0 unspecified atom stereocenters. The van der Waals surface area contributed by atoms with E-state index in [2.05, 4.69) is 4.90 Å². The zero-order valence-corrected chi connectivity index (χ0v) is 15.9. The summed E-state index contributed by atoms with van der Waals surface area (Å²) in [6, 6.07) is 10.2. The molecule has 0 N–H and O–H groups in total. The quantitative estimate of drug-likeness (QED) is 0.780.